The first-order valence-electron chi connectivity index (χ1n) is 14.5. The number of rotatable bonds is 13. The summed E-state index contributed by atoms with van der Waals surface area (Å²) in [5, 5.41) is 17.2. The molecule has 7 heteroatoms. The zero-order valence-electron chi connectivity index (χ0n) is 24.5. The smallest absolute Gasteiger partial charge is 0.303 e. The summed E-state index contributed by atoms with van der Waals surface area (Å²) in [5.74, 6) is -0.176. The van der Waals surface area contributed by atoms with Crippen LogP contribution in [-0.4, -0.2) is 27.5 Å². The second-order valence-corrected chi connectivity index (χ2v) is 11.0. The lowest BCUT2D eigenvalue weighted by atomic mass is 10.1. The highest BCUT2D eigenvalue weighted by atomic mass is 19.1. The molecule has 0 unspecified atom stereocenters. The number of aliphatic carboxylic acids is 1. The van der Waals surface area contributed by atoms with Crippen LogP contribution in [-0.2, 0) is 24.3 Å². The van der Waals surface area contributed by atoms with Gasteiger partial charge in [-0.2, -0.15) is 5.10 Å². The minimum atomic E-state index is -0.944. The minimum absolute atomic E-state index is 0.104. The summed E-state index contributed by atoms with van der Waals surface area (Å²) in [6, 6.07) is 33.5. The Hall–Kier alpha value is -4.91. The van der Waals surface area contributed by atoms with Gasteiger partial charge in [-0.15, -0.1) is 0 Å². The van der Waals surface area contributed by atoms with Crippen LogP contribution in [0.3, 0.4) is 0 Å². The molecule has 2 N–H and O–H groups in total. The SMILES string of the molecule is CC(C)COc1ccc(CNc2ccc(CCC(=O)O)c(F)c2)cc1Cn1nc(-c2ccccc2)cc1-c1ccccc1. The van der Waals surface area contributed by atoms with Crippen LogP contribution in [0.15, 0.2) is 103 Å². The lowest BCUT2D eigenvalue weighted by Crippen LogP contribution is -2.10. The first-order chi connectivity index (χ1) is 20.9. The molecular formula is C36H36FN3O3. The number of hydrogen-bond donors (Lipinski definition) is 2. The zero-order valence-corrected chi connectivity index (χ0v) is 24.5. The summed E-state index contributed by atoms with van der Waals surface area (Å²) in [7, 11) is 0. The Balaban J connectivity index is 1.42. The molecule has 0 amide bonds. The van der Waals surface area contributed by atoms with Crippen LogP contribution in [0, 0.1) is 11.7 Å². The van der Waals surface area contributed by atoms with Crippen LogP contribution >= 0.6 is 0 Å². The van der Waals surface area contributed by atoms with Crippen LogP contribution in [0.25, 0.3) is 22.5 Å². The Morgan fingerprint density at radius 1 is 0.907 bits per heavy atom. The van der Waals surface area contributed by atoms with Gasteiger partial charge >= 0.3 is 5.97 Å². The van der Waals surface area contributed by atoms with E-state index in [-0.39, 0.29) is 12.8 Å². The van der Waals surface area contributed by atoms with Crippen molar-refractivity contribution in [2.75, 3.05) is 11.9 Å². The molecular weight excluding hydrogens is 541 g/mol. The number of nitrogens with zero attached hydrogens (tertiary/aromatic N) is 2. The Labute approximate surface area is 251 Å². The molecule has 0 atom stereocenters. The molecule has 4 aromatic carbocycles. The lowest BCUT2D eigenvalue weighted by molar-refractivity contribution is -0.136. The molecule has 43 heavy (non-hydrogen) atoms. The van der Waals surface area contributed by atoms with E-state index in [0.29, 0.717) is 36.9 Å². The maximum absolute atomic E-state index is 14.6. The standard InChI is InChI=1S/C36H36FN3O3/c1-25(2)24-43-35-17-13-26(22-38-31-16-14-27(32(37)20-31)15-18-36(41)42)19-30(35)23-40-34(29-11-7-4-8-12-29)21-33(39-40)28-9-5-3-6-10-28/h3-14,16-17,19-21,25,38H,15,18,22-24H2,1-2H3,(H,41,42). The third-order valence-corrected chi connectivity index (χ3v) is 7.09. The lowest BCUT2D eigenvalue weighted by Gasteiger charge is -2.17. The number of carbonyl (C=O) groups is 1. The molecule has 1 heterocycles. The minimum Gasteiger partial charge on any atom is -0.493 e. The Morgan fingerprint density at radius 3 is 2.30 bits per heavy atom. The Kier molecular flexibility index (Phi) is 9.52. The molecule has 6 nitrogen and oxygen atoms in total. The number of aryl methyl sites for hydroxylation is 1. The third kappa shape index (κ3) is 7.89. The highest BCUT2D eigenvalue weighted by Crippen LogP contribution is 2.29. The summed E-state index contributed by atoms with van der Waals surface area (Å²) in [4.78, 5) is 10.9. The van der Waals surface area contributed by atoms with Gasteiger partial charge < -0.3 is 15.2 Å². The van der Waals surface area contributed by atoms with E-state index < -0.39 is 11.8 Å². The van der Waals surface area contributed by atoms with Crippen LogP contribution in [0.4, 0.5) is 10.1 Å². The fraction of sp³-hybridized carbons (Fsp3) is 0.222. The molecule has 5 aromatic rings. The van der Waals surface area contributed by atoms with Crippen molar-refractivity contribution < 1.29 is 19.0 Å². The van der Waals surface area contributed by atoms with Gasteiger partial charge in [-0.05, 0) is 59.4 Å². The molecule has 0 radical (unpaired) electrons. The molecule has 0 spiro atoms. The average molecular weight is 578 g/mol. The van der Waals surface area contributed by atoms with Gasteiger partial charge in [0.05, 0.1) is 24.5 Å². The Bertz CT molecular complexity index is 1670. The van der Waals surface area contributed by atoms with Gasteiger partial charge in [-0.25, -0.2) is 4.39 Å². The number of benzene rings is 4. The predicted octanol–water partition coefficient (Wildman–Crippen LogP) is 8.07. The third-order valence-electron chi connectivity index (χ3n) is 7.09. The van der Waals surface area contributed by atoms with Gasteiger partial charge in [-0.3, -0.25) is 9.48 Å². The van der Waals surface area contributed by atoms with Gasteiger partial charge in [0.25, 0.3) is 0 Å². The largest absolute Gasteiger partial charge is 0.493 e. The summed E-state index contributed by atoms with van der Waals surface area (Å²) in [5.41, 5.74) is 7.07. The maximum Gasteiger partial charge on any atom is 0.303 e. The van der Waals surface area contributed by atoms with E-state index in [1.807, 2.05) is 53.2 Å². The number of halogens is 1. The number of ether oxygens (including phenoxy) is 1. The first kappa shape index (κ1) is 29.6. The van der Waals surface area contributed by atoms with Gasteiger partial charge in [0.1, 0.15) is 11.6 Å². The van der Waals surface area contributed by atoms with Crippen molar-refractivity contribution in [3.8, 4) is 28.3 Å². The van der Waals surface area contributed by atoms with E-state index in [1.165, 1.54) is 6.07 Å². The molecule has 5 rings (SSSR count). The quantitative estimate of drug-likeness (QED) is 0.148. The second kappa shape index (κ2) is 13.8. The number of carboxylic acid groups (broad SMARTS) is 1. The summed E-state index contributed by atoms with van der Waals surface area (Å²) < 4.78 is 22.8. The van der Waals surface area contributed by atoms with Crippen LogP contribution in [0.2, 0.25) is 0 Å². The van der Waals surface area contributed by atoms with E-state index in [9.17, 15) is 9.18 Å². The summed E-state index contributed by atoms with van der Waals surface area (Å²) in [6.45, 7) is 5.82. The average Bonchev–Trinajstić information content (AvgIpc) is 3.43. The fourth-order valence-corrected chi connectivity index (χ4v) is 4.86. The van der Waals surface area contributed by atoms with Crippen molar-refractivity contribution in [1.82, 2.24) is 9.78 Å². The van der Waals surface area contributed by atoms with Crippen LogP contribution < -0.4 is 10.1 Å². The van der Waals surface area contributed by atoms with Crippen molar-refractivity contribution in [3.63, 3.8) is 0 Å². The molecule has 0 aliphatic heterocycles. The number of carboxylic acids is 1. The molecule has 1 aromatic heterocycles. The molecule has 0 saturated heterocycles. The molecule has 0 saturated carbocycles. The monoisotopic (exact) mass is 577 g/mol. The van der Waals surface area contributed by atoms with Gasteiger partial charge in [0.2, 0.25) is 0 Å². The van der Waals surface area contributed by atoms with Crippen molar-refractivity contribution in [3.05, 3.63) is 126 Å². The van der Waals surface area contributed by atoms with Crippen LogP contribution in [0.5, 0.6) is 5.75 Å². The number of aromatic nitrogens is 2. The van der Waals surface area contributed by atoms with E-state index in [0.717, 1.165) is 39.4 Å². The molecule has 0 fully saturated rings. The predicted molar refractivity (Wildman–Crippen MR) is 169 cm³/mol. The number of hydrogen-bond acceptors (Lipinski definition) is 4. The molecule has 0 bridgehead atoms. The van der Waals surface area contributed by atoms with E-state index >= 15 is 0 Å². The maximum atomic E-state index is 14.6. The molecule has 0 aliphatic rings. The summed E-state index contributed by atoms with van der Waals surface area (Å²) >= 11 is 0. The number of nitrogens with one attached hydrogen (secondary N) is 1. The van der Waals surface area contributed by atoms with E-state index in [1.54, 1.807) is 12.1 Å². The van der Waals surface area contributed by atoms with Crippen molar-refractivity contribution in [2.24, 2.45) is 5.92 Å². The number of anilines is 1. The zero-order chi connectivity index (χ0) is 30.2. The van der Waals surface area contributed by atoms with Gasteiger partial charge in [0, 0.05) is 29.8 Å². The van der Waals surface area contributed by atoms with Gasteiger partial charge in [-0.1, -0.05) is 86.6 Å². The van der Waals surface area contributed by atoms with E-state index in [4.69, 9.17) is 14.9 Å². The van der Waals surface area contributed by atoms with Crippen molar-refractivity contribution >= 4 is 11.7 Å². The van der Waals surface area contributed by atoms with Gasteiger partial charge in [0.15, 0.2) is 0 Å². The second-order valence-electron chi connectivity index (χ2n) is 11.0. The highest BCUT2D eigenvalue weighted by molar-refractivity contribution is 5.69. The van der Waals surface area contributed by atoms with Crippen LogP contribution in [0.1, 0.15) is 37.0 Å². The van der Waals surface area contributed by atoms with Crippen molar-refractivity contribution in [1.29, 1.82) is 0 Å². The highest BCUT2D eigenvalue weighted by Gasteiger charge is 2.15. The molecule has 220 valence electrons. The normalized spacial score (nSPS) is 11.1. The fourth-order valence-electron chi connectivity index (χ4n) is 4.86. The topological polar surface area (TPSA) is 76.4 Å². The first-order valence-corrected chi connectivity index (χ1v) is 14.5. The van der Waals surface area contributed by atoms with E-state index in [2.05, 4.69) is 55.6 Å². The van der Waals surface area contributed by atoms with Crippen molar-refractivity contribution in [2.45, 2.75) is 39.8 Å². The molecule has 0 aliphatic carbocycles. The summed E-state index contributed by atoms with van der Waals surface area (Å²) in [6.07, 6.45) is 0.0554. The Morgan fingerprint density at radius 2 is 1.63 bits per heavy atom.